The summed E-state index contributed by atoms with van der Waals surface area (Å²) in [6, 6.07) is 23.0. The molecule has 0 bridgehead atoms. The van der Waals surface area contributed by atoms with E-state index in [9.17, 15) is 4.79 Å². The molecule has 1 aromatic heterocycles. The van der Waals surface area contributed by atoms with Gasteiger partial charge in [-0.05, 0) is 48.4 Å². The molecule has 0 aliphatic carbocycles. The maximum absolute atomic E-state index is 11.1. The van der Waals surface area contributed by atoms with Crippen LogP contribution in [0.25, 0.3) is 0 Å². The predicted octanol–water partition coefficient (Wildman–Crippen LogP) is 3.61. The van der Waals surface area contributed by atoms with Gasteiger partial charge in [-0.3, -0.25) is 4.99 Å². The van der Waals surface area contributed by atoms with Gasteiger partial charge in [-0.2, -0.15) is 0 Å². The van der Waals surface area contributed by atoms with Crippen molar-refractivity contribution in [3.63, 3.8) is 0 Å². The summed E-state index contributed by atoms with van der Waals surface area (Å²) in [6.45, 7) is 4.02. The molecule has 2 N–H and O–H groups in total. The number of hydrogen-bond acceptors (Lipinski definition) is 4. The van der Waals surface area contributed by atoms with Crippen LogP contribution in [-0.4, -0.2) is 59.6 Å². The lowest BCUT2D eigenvalue weighted by molar-refractivity contribution is 0.0697. The topological polar surface area (TPSA) is 81.1 Å². The van der Waals surface area contributed by atoms with Crippen LogP contribution in [0.4, 0.5) is 11.5 Å². The highest BCUT2D eigenvalue weighted by Crippen LogP contribution is 2.15. The Morgan fingerprint density at radius 3 is 2.31 bits per heavy atom. The first kappa shape index (κ1) is 21.4. The van der Waals surface area contributed by atoms with Crippen molar-refractivity contribution in [3.8, 4) is 0 Å². The average molecular weight is 430 g/mol. The van der Waals surface area contributed by atoms with Gasteiger partial charge in [0, 0.05) is 44.6 Å². The molecule has 0 radical (unpaired) electrons. The van der Waals surface area contributed by atoms with Crippen molar-refractivity contribution in [2.24, 2.45) is 4.99 Å². The van der Waals surface area contributed by atoms with Crippen LogP contribution in [0.15, 0.2) is 84.0 Å². The van der Waals surface area contributed by atoms with E-state index in [4.69, 9.17) is 10.1 Å². The van der Waals surface area contributed by atoms with Gasteiger partial charge in [-0.15, -0.1) is 0 Å². The van der Waals surface area contributed by atoms with Gasteiger partial charge in [0.05, 0.1) is 5.56 Å². The Morgan fingerprint density at radius 2 is 1.66 bits per heavy atom. The molecule has 1 aliphatic rings. The molecule has 2 aromatic carbocycles. The number of carbonyl (C=O) groups is 1. The Hall–Kier alpha value is -3.87. The largest absolute Gasteiger partial charge is 0.478 e. The van der Waals surface area contributed by atoms with Gasteiger partial charge < -0.3 is 20.2 Å². The first-order chi connectivity index (χ1) is 15.7. The van der Waals surface area contributed by atoms with Crippen molar-refractivity contribution >= 4 is 23.4 Å². The second kappa shape index (κ2) is 10.4. The number of rotatable bonds is 6. The smallest absolute Gasteiger partial charge is 0.335 e. The fourth-order valence-corrected chi connectivity index (χ4v) is 3.67. The molecule has 32 heavy (non-hydrogen) atoms. The van der Waals surface area contributed by atoms with Crippen molar-refractivity contribution in [2.75, 3.05) is 42.9 Å². The molecule has 7 heteroatoms. The van der Waals surface area contributed by atoms with Crippen LogP contribution in [0.2, 0.25) is 0 Å². The monoisotopic (exact) mass is 429 g/mol. The third-order valence-corrected chi connectivity index (χ3v) is 5.45. The van der Waals surface area contributed by atoms with E-state index >= 15 is 0 Å². The standard InChI is InChI=1S/C25H27N5O2/c31-24(32)21-9-11-22(12-10-21)28-25(27-15-13-20-6-2-1-3-7-20)30-18-16-29(17-19-30)23-8-4-5-14-26-23/h1-12,14H,13,15-19H2,(H,27,28)(H,31,32). The lowest BCUT2D eigenvalue weighted by Gasteiger charge is -2.37. The number of benzene rings is 2. The Morgan fingerprint density at radius 1 is 0.938 bits per heavy atom. The van der Waals surface area contributed by atoms with Gasteiger partial charge >= 0.3 is 5.97 Å². The molecule has 7 nitrogen and oxygen atoms in total. The minimum atomic E-state index is -0.932. The molecule has 0 unspecified atom stereocenters. The molecular formula is C25H27N5O2. The molecule has 4 rings (SSSR count). The van der Waals surface area contributed by atoms with Crippen molar-refractivity contribution < 1.29 is 9.90 Å². The highest BCUT2D eigenvalue weighted by atomic mass is 16.4. The first-order valence-electron chi connectivity index (χ1n) is 10.8. The van der Waals surface area contributed by atoms with E-state index in [0.29, 0.717) is 6.54 Å². The number of carboxylic acid groups (broad SMARTS) is 1. The number of aromatic nitrogens is 1. The van der Waals surface area contributed by atoms with Crippen molar-refractivity contribution in [2.45, 2.75) is 6.42 Å². The van der Waals surface area contributed by atoms with Crippen molar-refractivity contribution in [1.29, 1.82) is 0 Å². The Labute approximate surface area is 188 Å². The number of aromatic carboxylic acids is 1. The van der Waals surface area contributed by atoms with E-state index in [2.05, 4.69) is 32.2 Å². The fraction of sp³-hybridized carbons (Fsp3) is 0.240. The zero-order valence-electron chi connectivity index (χ0n) is 17.9. The van der Waals surface area contributed by atoms with Gasteiger partial charge in [-0.1, -0.05) is 36.4 Å². The molecular weight excluding hydrogens is 402 g/mol. The first-order valence-corrected chi connectivity index (χ1v) is 10.8. The van der Waals surface area contributed by atoms with Crippen LogP contribution in [0.3, 0.4) is 0 Å². The molecule has 0 amide bonds. The van der Waals surface area contributed by atoms with E-state index in [1.807, 2.05) is 42.6 Å². The second-order valence-electron chi connectivity index (χ2n) is 7.61. The zero-order chi connectivity index (χ0) is 22.2. The number of guanidine groups is 1. The van der Waals surface area contributed by atoms with Crippen molar-refractivity contribution in [3.05, 3.63) is 90.1 Å². The van der Waals surface area contributed by atoms with E-state index in [1.54, 1.807) is 24.3 Å². The molecule has 3 aromatic rings. The molecule has 1 saturated heterocycles. The Kier molecular flexibility index (Phi) is 6.97. The summed E-state index contributed by atoms with van der Waals surface area (Å²) in [5.74, 6) is 0.871. The van der Waals surface area contributed by atoms with Crippen molar-refractivity contribution in [1.82, 2.24) is 9.88 Å². The normalized spacial score (nSPS) is 14.3. The SMILES string of the molecule is O=C(O)c1ccc(NC(=NCCc2ccccc2)N2CCN(c3ccccn3)CC2)cc1. The van der Waals surface area contributed by atoms with E-state index < -0.39 is 5.97 Å². The van der Waals surface area contributed by atoms with Crippen LogP contribution >= 0.6 is 0 Å². The highest BCUT2D eigenvalue weighted by Gasteiger charge is 2.21. The molecule has 0 spiro atoms. The highest BCUT2D eigenvalue weighted by molar-refractivity contribution is 5.95. The van der Waals surface area contributed by atoms with Crippen LogP contribution in [-0.2, 0) is 6.42 Å². The number of hydrogen-bond donors (Lipinski definition) is 2. The number of pyridine rings is 1. The van der Waals surface area contributed by atoms with Gasteiger partial charge in [0.25, 0.3) is 0 Å². The molecule has 2 heterocycles. The fourth-order valence-electron chi connectivity index (χ4n) is 3.67. The Balaban J connectivity index is 1.45. The number of nitrogens with zero attached hydrogens (tertiary/aromatic N) is 4. The maximum atomic E-state index is 11.1. The summed E-state index contributed by atoms with van der Waals surface area (Å²) in [7, 11) is 0. The summed E-state index contributed by atoms with van der Waals surface area (Å²) in [4.78, 5) is 25.0. The average Bonchev–Trinajstić information content (AvgIpc) is 2.85. The molecule has 0 saturated carbocycles. The quantitative estimate of drug-likeness (QED) is 0.460. The number of nitrogens with one attached hydrogen (secondary N) is 1. The number of anilines is 2. The van der Waals surface area contributed by atoms with E-state index in [1.165, 1.54) is 5.56 Å². The van der Waals surface area contributed by atoms with Crippen LogP contribution in [0.5, 0.6) is 0 Å². The Bertz CT molecular complexity index is 1030. The van der Waals surface area contributed by atoms with Crippen LogP contribution in [0.1, 0.15) is 15.9 Å². The third kappa shape index (κ3) is 5.63. The van der Waals surface area contributed by atoms with Gasteiger partial charge in [-0.25, -0.2) is 9.78 Å². The molecule has 0 atom stereocenters. The minimum absolute atomic E-state index is 0.266. The predicted molar refractivity (Wildman–Crippen MR) is 127 cm³/mol. The summed E-state index contributed by atoms with van der Waals surface area (Å²) in [6.07, 6.45) is 2.68. The van der Waals surface area contributed by atoms with E-state index in [0.717, 1.165) is 50.1 Å². The summed E-state index contributed by atoms with van der Waals surface area (Å²) in [5, 5.41) is 12.5. The second-order valence-corrected chi connectivity index (χ2v) is 7.61. The zero-order valence-corrected chi connectivity index (χ0v) is 17.9. The number of piperazine rings is 1. The van der Waals surface area contributed by atoms with Gasteiger partial charge in [0.15, 0.2) is 5.96 Å². The lowest BCUT2D eigenvalue weighted by atomic mass is 10.2. The number of carboxylic acids is 1. The maximum Gasteiger partial charge on any atom is 0.335 e. The van der Waals surface area contributed by atoms with E-state index in [-0.39, 0.29) is 5.56 Å². The van der Waals surface area contributed by atoms with Crippen LogP contribution in [0, 0.1) is 0 Å². The lowest BCUT2D eigenvalue weighted by Crippen LogP contribution is -2.51. The molecule has 1 aliphatic heterocycles. The van der Waals surface area contributed by atoms with Gasteiger partial charge in [0.1, 0.15) is 5.82 Å². The molecule has 164 valence electrons. The third-order valence-electron chi connectivity index (χ3n) is 5.45. The summed E-state index contributed by atoms with van der Waals surface area (Å²) >= 11 is 0. The number of aliphatic imine (C=N–C) groups is 1. The van der Waals surface area contributed by atoms with Gasteiger partial charge in [0.2, 0.25) is 0 Å². The van der Waals surface area contributed by atoms with Crippen LogP contribution < -0.4 is 10.2 Å². The molecule has 1 fully saturated rings. The summed E-state index contributed by atoms with van der Waals surface area (Å²) in [5.41, 5.74) is 2.34. The minimum Gasteiger partial charge on any atom is -0.478 e. The summed E-state index contributed by atoms with van der Waals surface area (Å²) < 4.78 is 0.